The van der Waals surface area contributed by atoms with Crippen LogP contribution < -0.4 is 5.73 Å². The third-order valence-electron chi connectivity index (χ3n) is 4.24. The minimum absolute atomic E-state index is 0.00313. The molecular weight excluding hydrogens is 252 g/mol. The SMILES string of the molecule is CCC1CCC(C)N1C(=O)c1cc2cc(N)ccc2o1. The molecule has 1 amide bonds. The second-order valence-corrected chi connectivity index (χ2v) is 5.61. The Labute approximate surface area is 118 Å². The summed E-state index contributed by atoms with van der Waals surface area (Å²) in [5.74, 6) is 0.412. The number of nitrogen functional groups attached to an aromatic ring is 1. The van der Waals surface area contributed by atoms with E-state index in [9.17, 15) is 4.79 Å². The van der Waals surface area contributed by atoms with Crippen LogP contribution in [0, 0.1) is 0 Å². The zero-order valence-electron chi connectivity index (χ0n) is 11.9. The van der Waals surface area contributed by atoms with Crippen molar-refractivity contribution >= 4 is 22.6 Å². The third kappa shape index (κ3) is 2.05. The lowest BCUT2D eigenvalue weighted by Crippen LogP contribution is -2.39. The van der Waals surface area contributed by atoms with E-state index in [1.54, 1.807) is 12.1 Å². The van der Waals surface area contributed by atoms with E-state index in [4.69, 9.17) is 10.2 Å². The van der Waals surface area contributed by atoms with Gasteiger partial charge in [0.1, 0.15) is 5.58 Å². The van der Waals surface area contributed by atoms with Crippen LogP contribution in [0.1, 0.15) is 43.7 Å². The lowest BCUT2D eigenvalue weighted by atomic mass is 10.1. The van der Waals surface area contributed by atoms with Gasteiger partial charge in [0.25, 0.3) is 5.91 Å². The zero-order chi connectivity index (χ0) is 14.3. The summed E-state index contributed by atoms with van der Waals surface area (Å²) >= 11 is 0. The molecule has 2 aromatic rings. The molecule has 2 N–H and O–H groups in total. The Balaban J connectivity index is 1.95. The Morgan fingerprint density at radius 3 is 2.95 bits per heavy atom. The highest BCUT2D eigenvalue weighted by molar-refractivity contribution is 5.97. The number of rotatable bonds is 2. The average Bonchev–Trinajstić information content (AvgIpc) is 3.00. The fraction of sp³-hybridized carbons (Fsp3) is 0.438. The number of amides is 1. The second-order valence-electron chi connectivity index (χ2n) is 5.61. The van der Waals surface area contributed by atoms with Gasteiger partial charge in [0.2, 0.25) is 0 Å². The minimum atomic E-state index is -0.00313. The first-order chi connectivity index (χ1) is 9.60. The molecule has 1 saturated heterocycles. The predicted octanol–water partition coefficient (Wildman–Crippen LogP) is 3.42. The number of hydrogen-bond acceptors (Lipinski definition) is 3. The molecule has 2 heterocycles. The smallest absolute Gasteiger partial charge is 0.290 e. The summed E-state index contributed by atoms with van der Waals surface area (Å²) in [6, 6.07) is 7.84. The van der Waals surface area contributed by atoms with Crippen molar-refractivity contribution in [3.63, 3.8) is 0 Å². The number of furan rings is 1. The van der Waals surface area contributed by atoms with Gasteiger partial charge in [0.15, 0.2) is 5.76 Å². The van der Waals surface area contributed by atoms with Gasteiger partial charge in [-0.2, -0.15) is 0 Å². The van der Waals surface area contributed by atoms with Gasteiger partial charge in [0, 0.05) is 23.2 Å². The van der Waals surface area contributed by atoms with Crippen molar-refractivity contribution in [2.24, 2.45) is 0 Å². The summed E-state index contributed by atoms with van der Waals surface area (Å²) in [7, 11) is 0. The molecule has 2 unspecified atom stereocenters. The molecule has 1 aromatic carbocycles. The second kappa shape index (κ2) is 4.85. The Morgan fingerprint density at radius 1 is 1.40 bits per heavy atom. The van der Waals surface area contributed by atoms with Gasteiger partial charge in [0.05, 0.1) is 0 Å². The maximum Gasteiger partial charge on any atom is 0.290 e. The molecule has 0 saturated carbocycles. The maximum atomic E-state index is 12.7. The number of anilines is 1. The molecule has 106 valence electrons. The van der Waals surface area contributed by atoms with Crippen LogP contribution in [0.2, 0.25) is 0 Å². The van der Waals surface area contributed by atoms with Crippen LogP contribution in [0.4, 0.5) is 5.69 Å². The highest BCUT2D eigenvalue weighted by Gasteiger charge is 2.35. The predicted molar refractivity (Wildman–Crippen MR) is 79.6 cm³/mol. The quantitative estimate of drug-likeness (QED) is 0.852. The van der Waals surface area contributed by atoms with Gasteiger partial charge < -0.3 is 15.1 Å². The van der Waals surface area contributed by atoms with Crippen LogP contribution in [0.15, 0.2) is 28.7 Å². The van der Waals surface area contributed by atoms with E-state index >= 15 is 0 Å². The molecule has 0 radical (unpaired) electrons. The Bertz CT molecular complexity index is 647. The van der Waals surface area contributed by atoms with Crippen LogP contribution in [-0.4, -0.2) is 22.9 Å². The fourth-order valence-electron chi connectivity index (χ4n) is 3.13. The van der Waals surface area contributed by atoms with Crippen molar-refractivity contribution in [3.05, 3.63) is 30.0 Å². The number of nitrogens with zero attached hydrogens (tertiary/aromatic N) is 1. The first-order valence-corrected chi connectivity index (χ1v) is 7.22. The summed E-state index contributed by atoms with van der Waals surface area (Å²) in [5.41, 5.74) is 7.15. The van der Waals surface area contributed by atoms with Crippen molar-refractivity contribution in [2.75, 3.05) is 5.73 Å². The molecule has 20 heavy (non-hydrogen) atoms. The largest absolute Gasteiger partial charge is 0.451 e. The Kier molecular flexibility index (Phi) is 3.16. The van der Waals surface area contributed by atoms with E-state index in [0.29, 0.717) is 23.1 Å². The van der Waals surface area contributed by atoms with Crippen LogP contribution in [0.25, 0.3) is 11.0 Å². The molecule has 0 aliphatic carbocycles. The molecule has 1 fully saturated rings. The average molecular weight is 272 g/mol. The molecule has 0 spiro atoms. The van der Waals surface area contributed by atoms with Crippen molar-refractivity contribution in [1.29, 1.82) is 0 Å². The van der Waals surface area contributed by atoms with Gasteiger partial charge in [-0.3, -0.25) is 4.79 Å². The van der Waals surface area contributed by atoms with Gasteiger partial charge in [-0.15, -0.1) is 0 Å². The molecule has 1 aliphatic rings. The zero-order valence-corrected chi connectivity index (χ0v) is 11.9. The molecule has 4 nitrogen and oxygen atoms in total. The van der Waals surface area contributed by atoms with Crippen LogP contribution in [-0.2, 0) is 0 Å². The Morgan fingerprint density at radius 2 is 2.20 bits per heavy atom. The highest BCUT2D eigenvalue weighted by Crippen LogP contribution is 2.30. The number of likely N-dealkylation sites (tertiary alicyclic amines) is 1. The Hall–Kier alpha value is -1.97. The van der Waals surface area contributed by atoms with Crippen molar-refractivity contribution in [2.45, 2.75) is 45.2 Å². The topological polar surface area (TPSA) is 59.5 Å². The molecule has 3 rings (SSSR count). The van der Waals surface area contributed by atoms with Crippen molar-refractivity contribution in [3.8, 4) is 0 Å². The molecule has 1 aliphatic heterocycles. The van der Waals surface area contributed by atoms with E-state index in [-0.39, 0.29) is 11.9 Å². The third-order valence-corrected chi connectivity index (χ3v) is 4.24. The van der Waals surface area contributed by atoms with Gasteiger partial charge >= 0.3 is 0 Å². The van der Waals surface area contributed by atoms with Gasteiger partial charge in [-0.05, 0) is 50.5 Å². The molecular formula is C16H20N2O2. The standard InChI is InChI=1S/C16H20N2O2/c1-3-13-6-4-10(2)18(13)16(19)15-9-11-8-12(17)5-7-14(11)20-15/h5,7-10,13H,3-4,6,17H2,1-2H3. The first kappa shape index (κ1) is 13.0. The number of benzene rings is 1. The summed E-state index contributed by atoms with van der Waals surface area (Å²) in [5, 5.41) is 0.883. The van der Waals surface area contributed by atoms with E-state index in [1.165, 1.54) is 0 Å². The van der Waals surface area contributed by atoms with Crippen LogP contribution in [0.3, 0.4) is 0 Å². The highest BCUT2D eigenvalue weighted by atomic mass is 16.3. The van der Waals surface area contributed by atoms with Crippen LogP contribution >= 0.6 is 0 Å². The number of carbonyl (C=O) groups excluding carboxylic acids is 1. The summed E-state index contributed by atoms with van der Waals surface area (Å²) in [6.45, 7) is 4.23. The number of carbonyl (C=O) groups is 1. The lowest BCUT2D eigenvalue weighted by Gasteiger charge is -2.26. The number of fused-ring (bicyclic) bond motifs is 1. The van der Waals surface area contributed by atoms with E-state index in [0.717, 1.165) is 24.6 Å². The monoisotopic (exact) mass is 272 g/mol. The maximum absolute atomic E-state index is 12.7. The summed E-state index contributed by atoms with van der Waals surface area (Å²) < 4.78 is 5.69. The molecule has 4 heteroatoms. The lowest BCUT2D eigenvalue weighted by molar-refractivity contribution is 0.0646. The van der Waals surface area contributed by atoms with E-state index < -0.39 is 0 Å². The van der Waals surface area contributed by atoms with Crippen molar-refractivity contribution < 1.29 is 9.21 Å². The molecule has 1 aromatic heterocycles. The summed E-state index contributed by atoms with van der Waals surface area (Å²) in [4.78, 5) is 14.7. The van der Waals surface area contributed by atoms with E-state index in [2.05, 4.69) is 13.8 Å². The first-order valence-electron chi connectivity index (χ1n) is 7.22. The van der Waals surface area contributed by atoms with Gasteiger partial charge in [-0.1, -0.05) is 6.92 Å². The number of hydrogen-bond donors (Lipinski definition) is 1. The van der Waals surface area contributed by atoms with Crippen LogP contribution in [0.5, 0.6) is 0 Å². The minimum Gasteiger partial charge on any atom is -0.451 e. The molecule has 2 atom stereocenters. The normalized spacial score (nSPS) is 22.6. The summed E-state index contributed by atoms with van der Waals surface area (Å²) in [6.07, 6.45) is 3.14. The number of nitrogens with two attached hydrogens (primary N) is 1. The molecule has 0 bridgehead atoms. The van der Waals surface area contributed by atoms with Crippen molar-refractivity contribution in [1.82, 2.24) is 4.90 Å². The van der Waals surface area contributed by atoms with Gasteiger partial charge in [-0.25, -0.2) is 0 Å². The van der Waals surface area contributed by atoms with E-state index in [1.807, 2.05) is 17.0 Å². The fourth-order valence-corrected chi connectivity index (χ4v) is 3.13.